The zero-order chi connectivity index (χ0) is 20.0. The molecule has 0 N–H and O–H groups in total. The second-order valence-electron chi connectivity index (χ2n) is 7.45. The van der Waals surface area contributed by atoms with E-state index < -0.39 is 0 Å². The molecule has 0 spiro atoms. The summed E-state index contributed by atoms with van der Waals surface area (Å²) in [6.07, 6.45) is 14.7. The number of rotatable bonds is 14. The monoisotopic (exact) mass is 384 g/mol. The van der Waals surface area contributed by atoms with Gasteiger partial charge in [0.2, 0.25) is 0 Å². The number of aromatic nitrogens is 2. The van der Waals surface area contributed by atoms with Crippen LogP contribution < -0.4 is 9.47 Å². The highest BCUT2D eigenvalue weighted by atomic mass is 16.5. The molecule has 0 saturated heterocycles. The molecule has 2 aromatic rings. The molecule has 0 aliphatic carbocycles. The minimum Gasteiger partial charge on any atom is -0.491 e. The van der Waals surface area contributed by atoms with Gasteiger partial charge in [-0.25, -0.2) is 9.97 Å². The van der Waals surface area contributed by atoms with Crippen LogP contribution in [-0.2, 0) is 0 Å². The molecule has 2 rings (SSSR count). The second-order valence-corrected chi connectivity index (χ2v) is 7.45. The van der Waals surface area contributed by atoms with Gasteiger partial charge in [0.15, 0.2) is 11.6 Å². The molecule has 0 radical (unpaired) electrons. The van der Waals surface area contributed by atoms with E-state index in [-0.39, 0.29) is 6.10 Å². The molecule has 28 heavy (non-hydrogen) atoms. The Bertz CT molecular complexity index is 641. The zero-order valence-electron chi connectivity index (χ0n) is 17.8. The number of hydrogen-bond acceptors (Lipinski definition) is 4. The molecule has 1 aromatic heterocycles. The summed E-state index contributed by atoms with van der Waals surface area (Å²) in [6.45, 7) is 7.32. The first-order chi connectivity index (χ1) is 13.7. The smallest absolute Gasteiger partial charge is 0.159 e. The third kappa shape index (κ3) is 8.28. The average Bonchev–Trinajstić information content (AvgIpc) is 2.72. The number of ether oxygens (including phenoxy) is 2. The van der Waals surface area contributed by atoms with Crippen molar-refractivity contribution in [2.24, 2.45) is 0 Å². The average molecular weight is 385 g/mol. The van der Waals surface area contributed by atoms with Crippen molar-refractivity contribution in [2.45, 2.75) is 84.7 Å². The van der Waals surface area contributed by atoms with Gasteiger partial charge in [-0.1, -0.05) is 52.4 Å². The van der Waals surface area contributed by atoms with Crippen LogP contribution in [0.2, 0.25) is 0 Å². The topological polar surface area (TPSA) is 44.2 Å². The Balaban J connectivity index is 1.79. The van der Waals surface area contributed by atoms with E-state index in [4.69, 9.17) is 9.47 Å². The van der Waals surface area contributed by atoms with Crippen LogP contribution in [0.3, 0.4) is 0 Å². The molecule has 0 aliphatic heterocycles. The van der Waals surface area contributed by atoms with Gasteiger partial charge in [-0.2, -0.15) is 0 Å². The van der Waals surface area contributed by atoms with Crippen molar-refractivity contribution in [3.63, 3.8) is 0 Å². The minimum atomic E-state index is 0.243. The lowest BCUT2D eigenvalue weighted by molar-refractivity contribution is 0.206. The molecule has 0 aliphatic rings. The quantitative estimate of drug-likeness (QED) is 0.334. The molecule has 1 aromatic carbocycles. The third-order valence-electron chi connectivity index (χ3n) is 4.81. The maximum Gasteiger partial charge on any atom is 0.159 e. The van der Waals surface area contributed by atoms with Gasteiger partial charge in [-0.05, 0) is 50.5 Å². The number of benzene rings is 1. The molecular formula is C24H36N2O2. The lowest BCUT2D eigenvalue weighted by atomic mass is 10.1. The van der Waals surface area contributed by atoms with Crippen molar-refractivity contribution >= 4 is 0 Å². The van der Waals surface area contributed by atoms with Gasteiger partial charge in [0, 0.05) is 5.56 Å². The molecule has 154 valence electrons. The van der Waals surface area contributed by atoms with Crippen molar-refractivity contribution in [1.29, 1.82) is 0 Å². The highest BCUT2D eigenvalue weighted by Crippen LogP contribution is 2.22. The first-order valence-corrected chi connectivity index (χ1v) is 10.9. The summed E-state index contributed by atoms with van der Waals surface area (Å²) in [5, 5.41) is 0. The van der Waals surface area contributed by atoms with Crippen molar-refractivity contribution < 1.29 is 9.47 Å². The predicted octanol–water partition coefficient (Wildman–Crippen LogP) is 6.84. The first-order valence-electron chi connectivity index (χ1n) is 10.9. The van der Waals surface area contributed by atoms with Crippen LogP contribution in [0.15, 0.2) is 36.7 Å². The second kappa shape index (κ2) is 13.1. The Morgan fingerprint density at radius 1 is 0.786 bits per heavy atom. The van der Waals surface area contributed by atoms with Crippen molar-refractivity contribution in [2.75, 3.05) is 6.61 Å². The molecule has 0 fully saturated rings. The van der Waals surface area contributed by atoms with Gasteiger partial charge in [0.1, 0.15) is 5.75 Å². The van der Waals surface area contributed by atoms with E-state index in [2.05, 4.69) is 30.7 Å². The maximum atomic E-state index is 6.02. The summed E-state index contributed by atoms with van der Waals surface area (Å²) in [4.78, 5) is 8.87. The molecule has 0 amide bonds. The summed E-state index contributed by atoms with van der Waals surface area (Å²) >= 11 is 0. The number of unbranched alkanes of at least 4 members (excludes halogenated alkanes) is 6. The van der Waals surface area contributed by atoms with Crippen LogP contribution in [0, 0.1) is 0 Å². The van der Waals surface area contributed by atoms with Gasteiger partial charge in [0.05, 0.1) is 25.1 Å². The van der Waals surface area contributed by atoms with E-state index >= 15 is 0 Å². The minimum absolute atomic E-state index is 0.243. The van der Waals surface area contributed by atoms with Crippen LogP contribution in [-0.4, -0.2) is 22.7 Å². The van der Waals surface area contributed by atoms with E-state index in [1.54, 1.807) is 12.4 Å². The molecule has 0 bridgehead atoms. The summed E-state index contributed by atoms with van der Waals surface area (Å²) in [5.41, 5.74) is 0.984. The molecule has 1 unspecified atom stereocenters. The molecule has 4 heteroatoms. The van der Waals surface area contributed by atoms with Crippen LogP contribution in [0.25, 0.3) is 11.4 Å². The van der Waals surface area contributed by atoms with Crippen LogP contribution in [0.1, 0.15) is 78.6 Å². The summed E-state index contributed by atoms with van der Waals surface area (Å²) in [5.74, 6) is 2.34. The number of hydrogen-bond donors (Lipinski definition) is 0. The van der Waals surface area contributed by atoms with E-state index in [0.717, 1.165) is 36.5 Å². The summed E-state index contributed by atoms with van der Waals surface area (Å²) in [6, 6.07) is 8.03. The summed E-state index contributed by atoms with van der Waals surface area (Å²) in [7, 11) is 0. The normalized spacial score (nSPS) is 12.0. The van der Waals surface area contributed by atoms with E-state index in [1.807, 2.05) is 24.3 Å². The molecular weight excluding hydrogens is 348 g/mol. The van der Waals surface area contributed by atoms with Gasteiger partial charge < -0.3 is 9.47 Å². The highest BCUT2D eigenvalue weighted by Gasteiger charge is 2.06. The summed E-state index contributed by atoms with van der Waals surface area (Å²) < 4.78 is 11.7. The Labute approximate surface area is 170 Å². The molecule has 1 atom stereocenters. The van der Waals surface area contributed by atoms with Crippen LogP contribution in [0.4, 0.5) is 0 Å². The lowest BCUT2D eigenvalue weighted by Crippen LogP contribution is -2.11. The standard InChI is InChI=1S/C24H36N2O2/c1-4-6-8-10-12-20(3)28-22-15-13-21(14-16-22)24-25-18-23(19-26-24)27-17-11-9-7-5-2/h13-16,18-20H,4-12,17H2,1-3H3. The SMILES string of the molecule is CCCCCCOc1cnc(-c2ccc(OC(C)CCCCCC)cc2)nc1. The number of nitrogens with zero attached hydrogens (tertiary/aromatic N) is 2. The fraction of sp³-hybridized carbons (Fsp3) is 0.583. The predicted molar refractivity (Wildman–Crippen MR) is 116 cm³/mol. The van der Waals surface area contributed by atoms with Crippen molar-refractivity contribution in [3.05, 3.63) is 36.7 Å². The van der Waals surface area contributed by atoms with E-state index in [0.29, 0.717) is 5.82 Å². The van der Waals surface area contributed by atoms with E-state index in [9.17, 15) is 0 Å². The van der Waals surface area contributed by atoms with E-state index in [1.165, 1.54) is 44.9 Å². The Morgan fingerprint density at radius 2 is 1.43 bits per heavy atom. The Kier molecular flexibility index (Phi) is 10.4. The first kappa shape index (κ1) is 22.2. The Morgan fingerprint density at radius 3 is 2.07 bits per heavy atom. The fourth-order valence-electron chi connectivity index (χ4n) is 3.09. The van der Waals surface area contributed by atoms with Gasteiger partial charge >= 0.3 is 0 Å². The zero-order valence-corrected chi connectivity index (χ0v) is 17.8. The van der Waals surface area contributed by atoms with Crippen LogP contribution >= 0.6 is 0 Å². The van der Waals surface area contributed by atoms with Crippen molar-refractivity contribution in [3.8, 4) is 22.9 Å². The maximum absolute atomic E-state index is 6.02. The Hall–Kier alpha value is -2.10. The molecule has 1 heterocycles. The third-order valence-corrected chi connectivity index (χ3v) is 4.81. The fourth-order valence-corrected chi connectivity index (χ4v) is 3.09. The molecule has 4 nitrogen and oxygen atoms in total. The van der Waals surface area contributed by atoms with Gasteiger partial charge in [-0.3, -0.25) is 0 Å². The lowest BCUT2D eigenvalue weighted by Gasteiger charge is -2.14. The van der Waals surface area contributed by atoms with Gasteiger partial charge in [-0.15, -0.1) is 0 Å². The van der Waals surface area contributed by atoms with Crippen LogP contribution in [0.5, 0.6) is 11.5 Å². The molecule has 0 saturated carbocycles. The van der Waals surface area contributed by atoms with Gasteiger partial charge in [0.25, 0.3) is 0 Å². The largest absolute Gasteiger partial charge is 0.491 e. The van der Waals surface area contributed by atoms with Crippen molar-refractivity contribution in [1.82, 2.24) is 9.97 Å². The highest BCUT2D eigenvalue weighted by molar-refractivity contribution is 5.56.